The van der Waals surface area contributed by atoms with Crippen molar-refractivity contribution >= 4 is 23.5 Å². The number of benzene rings is 2. The first-order chi connectivity index (χ1) is 16.1. The van der Waals surface area contributed by atoms with Crippen LogP contribution in [0.25, 0.3) is 0 Å². The van der Waals surface area contributed by atoms with Gasteiger partial charge in [0.2, 0.25) is 0 Å². The number of carbonyl (C=O) groups excluding carboxylic acids is 2. The van der Waals surface area contributed by atoms with Crippen LogP contribution >= 0.6 is 11.6 Å². The van der Waals surface area contributed by atoms with Crippen molar-refractivity contribution in [1.29, 1.82) is 0 Å². The molecule has 1 aliphatic heterocycles. The molecule has 1 atom stereocenters. The lowest BCUT2D eigenvalue weighted by atomic mass is 10.0. The van der Waals surface area contributed by atoms with E-state index in [1.165, 1.54) is 7.11 Å². The van der Waals surface area contributed by atoms with Gasteiger partial charge in [0.25, 0.3) is 5.91 Å². The van der Waals surface area contributed by atoms with Gasteiger partial charge in [-0.1, -0.05) is 29.8 Å². The molecule has 1 amide bonds. The summed E-state index contributed by atoms with van der Waals surface area (Å²) in [4.78, 5) is 33.4. The van der Waals surface area contributed by atoms with Gasteiger partial charge in [-0.3, -0.25) is 14.7 Å². The molecule has 1 saturated heterocycles. The Morgan fingerprint density at radius 3 is 2.30 bits per heavy atom. The van der Waals surface area contributed by atoms with Crippen molar-refractivity contribution in [3.05, 3.63) is 89.2 Å². The lowest BCUT2D eigenvalue weighted by molar-refractivity contribution is -0.148. The van der Waals surface area contributed by atoms with E-state index < -0.39 is 6.04 Å². The third kappa shape index (κ3) is 5.32. The molecule has 3 aromatic rings. The van der Waals surface area contributed by atoms with E-state index in [0.717, 1.165) is 0 Å². The lowest BCUT2D eigenvalue weighted by Crippen LogP contribution is -2.51. The van der Waals surface area contributed by atoms with E-state index in [1.807, 2.05) is 29.2 Å². The number of hydrogen-bond acceptors (Lipinski definition) is 6. The summed E-state index contributed by atoms with van der Waals surface area (Å²) < 4.78 is 10.8. The molecule has 7 nitrogen and oxygen atoms in total. The van der Waals surface area contributed by atoms with Gasteiger partial charge in [0.05, 0.1) is 13.3 Å². The Balaban J connectivity index is 1.40. The Kier molecular flexibility index (Phi) is 7.22. The van der Waals surface area contributed by atoms with E-state index in [2.05, 4.69) is 4.98 Å². The summed E-state index contributed by atoms with van der Waals surface area (Å²) in [5.41, 5.74) is 1.28. The van der Waals surface area contributed by atoms with Crippen LogP contribution in [-0.4, -0.2) is 59.9 Å². The molecule has 4 rings (SSSR count). The fourth-order valence-corrected chi connectivity index (χ4v) is 4.10. The molecule has 0 aliphatic carbocycles. The molecule has 8 heteroatoms. The summed E-state index contributed by atoms with van der Waals surface area (Å²) in [5.74, 6) is 0.832. The van der Waals surface area contributed by atoms with Gasteiger partial charge in [-0.05, 0) is 48.0 Å². The fourth-order valence-electron chi connectivity index (χ4n) is 3.86. The van der Waals surface area contributed by atoms with Crippen LogP contribution in [0.5, 0.6) is 11.5 Å². The normalized spacial score (nSPS) is 15.0. The third-order valence-corrected chi connectivity index (χ3v) is 5.91. The zero-order valence-electron chi connectivity index (χ0n) is 18.2. The monoisotopic (exact) mass is 465 g/mol. The van der Waals surface area contributed by atoms with Crippen molar-refractivity contribution in [2.45, 2.75) is 6.04 Å². The maximum atomic E-state index is 13.0. The number of methoxy groups -OCH3 is 1. The van der Waals surface area contributed by atoms with Gasteiger partial charge in [0, 0.05) is 43.0 Å². The smallest absolute Gasteiger partial charge is 0.327 e. The molecule has 1 fully saturated rings. The molecule has 0 saturated carbocycles. The minimum absolute atomic E-state index is 0.0602. The number of ether oxygens (including phenoxy) is 2. The van der Waals surface area contributed by atoms with Crippen LogP contribution in [0.3, 0.4) is 0 Å². The third-order valence-electron chi connectivity index (χ3n) is 5.56. The van der Waals surface area contributed by atoms with Gasteiger partial charge < -0.3 is 14.4 Å². The molecule has 1 unspecified atom stereocenters. The molecule has 0 bridgehead atoms. The zero-order valence-corrected chi connectivity index (χ0v) is 18.9. The van der Waals surface area contributed by atoms with Crippen molar-refractivity contribution in [1.82, 2.24) is 14.8 Å². The second-order valence-electron chi connectivity index (χ2n) is 7.59. The Bertz CT molecular complexity index is 1100. The average molecular weight is 466 g/mol. The number of rotatable bonds is 6. The van der Waals surface area contributed by atoms with Gasteiger partial charge in [-0.15, -0.1) is 0 Å². The molecule has 1 aliphatic rings. The molecule has 2 heterocycles. The molecular weight excluding hydrogens is 442 g/mol. The van der Waals surface area contributed by atoms with E-state index in [0.29, 0.717) is 53.8 Å². The molecule has 170 valence electrons. The highest BCUT2D eigenvalue weighted by molar-refractivity contribution is 6.31. The van der Waals surface area contributed by atoms with Gasteiger partial charge >= 0.3 is 5.97 Å². The first kappa shape index (κ1) is 22.8. The van der Waals surface area contributed by atoms with Crippen LogP contribution in [0.2, 0.25) is 5.02 Å². The average Bonchev–Trinajstić information content (AvgIpc) is 2.86. The summed E-state index contributed by atoms with van der Waals surface area (Å²) in [6.45, 7) is 2.04. The van der Waals surface area contributed by atoms with Crippen molar-refractivity contribution < 1.29 is 19.1 Å². The van der Waals surface area contributed by atoms with Crippen molar-refractivity contribution in [3.8, 4) is 11.5 Å². The number of carbonyl (C=O) groups is 2. The molecule has 33 heavy (non-hydrogen) atoms. The number of pyridine rings is 1. The number of amides is 1. The highest BCUT2D eigenvalue weighted by Gasteiger charge is 2.33. The Morgan fingerprint density at radius 1 is 0.939 bits per heavy atom. The summed E-state index contributed by atoms with van der Waals surface area (Å²) in [6.07, 6.45) is 3.30. The fraction of sp³-hybridized carbons (Fsp3) is 0.240. The highest BCUT2D eigenvalue weighted by Crippen LogP contribution is 2.30. The van der Waals surface area contributed by atoms with Gasteiger partial charge in [-0.2, -0.15) is 0 Å². The highest BCUT2D eigenvalue weighted by atomic mass is 35.5. The molecule has 2 aromatic carbocycles. The molecule has 0 N–H and O–H groups in total. The molecule has 0 radical (unpaired) electrons. The van der Waals surface area contributed by atoms with Crippen LogP contribution in [0.4, 0.5) is 0 Å². The standard InChI is InChI=1S/C25H24ClN3O4/c1-32-25(31)23(21-6-2-3-7-22(21)26)28-13-15-29(16-14-28)24(30)18-8-10-19(11-9-18)33-20-5-4-12-27-17-20/h2-12,17,23H,13-16H2,1H3. The SMILES string of the molecule is COC(=O)C(c1ccccc1Cl)N1CCN(C(=O)c2ccc(Oc3cccnc3)cc2)CC1. The Hall–Kier alpha value is -3.42. The van der Waals surface area contributed by atoms with Crippen molar-refractivity contribution in [3.63, 3.8) is 0 Å². The quantitative estimate of drug-likeness (QED) is 0.508. The first-order valence-corrected chi connectivity index (χ1v) is 11.0. The largest absolute Gasteiger partial charge is 0.468 e. The summed E-state index contributed by atoms with van der Waals surface area (Å²) >= 11 is 6.35. The van der Waals surface area contributed by atoms with Crippen LogP contribution in [0.1, 0.15) is 22.0 Å². The van der Waals surface area contributed by atoms with Crippen LogP contribution in [-0.2, 0) is 9.53 Å². The van der Waals surface area contributed by atoms with Crippen LogP contribution < -0.4 is 4.74 Å². The van der Waals surface area contributed by atoms with E-state index in [4.69, 9.17) is 21.1 Å². The Morgan fingerprint density at radius 2 is 1.67 bits per heavy atom. The molecule has 0 spiro atoms. The van der Waals surface area contributed by atoms with Crippen LogP contribution in [0.15, 0.2) is 73.1 Å². The number of hydrogen-bond donors (Lipinski definition) is 0. The molecule has 1 aromatic heterocycles. The predicted octanol–water partition coefficient (Wildman–Crippen LogP) is 4.20. The van der Waals surface area contributed by atoms with Crippen molar-refractivity contribution in [2.24, 2.45) is 0 Å². The number of piperazine rings is 1. The number of nitrogens with zero attached hydrogens (tertiary/aromatic N) is 3. The lowest BCUT2D eigenvalue weighted by Gasteiger charge is -2.38. The van der Waals surface area contributed by atoms with Gasteiger partial charge in [-0.25, -0.2) is 4.79 Å². The topological polar surface area (TPSA) is 72.0 Å². The number of aromatic nitrogens is 1. The summed E-state index contributed by atoms with van der Waals surface area (Å²) in [6, 6.07) is 17.3. The zero-order chi connectivity index (χ0) is 23.2. The second-order valence-corrected chi connectivity index (χ2v) is 8.00. The summed E-state index contributed by atoms with van der Waals surface area (Å²) in [5, 5.41) is 0.514. The number of halogens is 1. The van der Waals surface area contributed by atoms with E-state index in [1.54, 1.807) is 53.7 Å². The van der Waals surface area contributed by atoms with Gasteiger partial charge in [0.1, 0.15) is 17.5 Å². The predicted molar refractivity (Wildman–Crippen MR) is 124 cm³/mol. The minimum Gasteiger partial charge on any atom is -0.468 e. The minimum atomic E-state index is -0.607. The van der Waals surface area contributed by atoms with Crippen LogP contribution in [0, 0.1) is 0 Å². The Labute approximate surface area is 197 Å². The maximum Gasteiger partial charge on any atom is 0.327 e. The number of esters is 1. The van der Waals surface area contributed by atoms with Gasteiger partial charge in [0.15, 0.2) is 0 Å². The first-order valence-electron chi connectivity index (χ1n) is 10.6. The van der Waals surface area contributed by atoms with E-state index in [9.17, 15) is 9.59 Å². The summed E-state index contributed by atoms with van der Waals surface area (Å²) in [7, 11) is 1.37. The maximum absolute atomic E-state index is 13.0. The van der Waals surface area contributed by atoms with Crippen molar-refractivity contribution in [2.75, 3.05) is 33.3 Å². The second kappa shape index (κ2) is 10.5. The molecular formula is C25H24ClN3O4. The van der Waals surface area contributed by atoms with E-state index >= 15 is 0 Å². The van der Waals surface area contributed by atoms with E-state index in [-0.39, 0.29) is 11.9 Å².